The summed E-state index contributed by atoms with van der Waals surface area (Å²) in [5.41, 5.74) is 0. The van der Waals surface area contributed by atoms with Gasteiger partial charge in [-0.15, -0.1) is 0 Å². The highest BCUT2D eigenvalue weighted by atomic mass is 16.3. The number of nitrogens with zero attached hydrogens (tertiary/aromatic N) is 1. The molecule has 0 aromatic carbocycles. The summed E-state index contributed by atoms with van der Waals surface area (Å²) in [6.07, 6.45) is 5.76. The van der Waals surface area contributed by atoms with E-state index in [0.717, 1.165) is 31.4 Å². The van der Waals surface area contributed by atoms with Gasteiger partial charge in [-0.05, 0) is 39.1 Å². The van der Waals surface area contributed by atoms with Crippen LogP contribution < -0.4 is 10.6 Å². The van der Waals surface area contributed by atoms with Crippen molar-refractivity contribution in [3.8, 4) is 0 Å². The lowest BCUT2D eigenvalue weighted by Gasteiger charge is -2.22. The smallest absolute Gasteiger partial charge is 0.309 e. The maximum Gasteiger partial charge on any atom is 0.309 e. The molecule has 0 radical (unpaired) electrons. The molecule has 116 valence electrons. The van der Waals surface area contributed by atoms with E-state index in [0.29, 0.717) is 6.54 Å². The van der Waals surface area contributed by atoms with Crippen LogP contribution in [0.3, 0.4) is 0 Å². The first-order valence-electron chi connectivity index (χ1n) is 7.36. The minimum absolute atomic E-state index is 0.0942. The first-order chi connectivity index (χ1) is 10.1. The lowest BCUT2D eigenvalue weighted by atomic mass is 10.2. The van der Waals surface area contributed by atoms with Gasteiger partial charge in [0, 0.05) is 12.6 Å². The van der Waals surface area contributed by atoms with Gasteiger partial charge in [0.2, 0.25) is 0 Å². The highest BCUT2D eigenvalue weighted by molar-refractivity contribution is 6.35. The number of carbonyl (C=O) groups excluding carboxylic acids is 2. The Kier molecular flexibility index (Phi) is 5.38. The summed E-state index contributed by atoms with van der Waals surface area (Å²) in [6.45, 7) is 0.331. The van der Waals surface area contributed by atoms with Crippen molar-refractivity contribution in [2.45, 2.75) is 37.8 Å². The lowest BCUT2D eigenvalue weighted by Crippen LogP contribution is -2.45. The highest BCUT2D eigenvalue weighted by Gasteiger charge is 2.23. The SMILES string of the molecule is CN(C)[C@H](CNC(=O)C(=O)NC1CCCC1)c1ccco1. The summed E-state index contributed by atoms with van der Waals surface area (Å²) >= 11 is 0. The van der Waals surface area contributed by atoms with Crippen molar-refractivity contribution in [1.29, 1.82) is 0 Å². The van der Waals surface area contributed by atoms with Crippen molar-refractivity contribution in [1.82, 2.24) is 15.5 Å². The van der Waals surface area contributed by atoms with Crippen LogP contribution in [0.1, 0.15) is 37.5 Å². The Morgan fingerprint density at radius 3 is 2.62 bits per heavy atom. The van der Waals surface area contributed by atoms with E-state index in [4.69, 9.17) is 4.42 Å². The number of hydrogen-bond donors (Lipinski definition) is 2. The molecule has 1 heterocycles. The van der Waals surface area contributed by atoms with E-state index in [1.54, 1.807) is 12.3 Å². The molecule has 0 aliphatic heterocycles. The number of hydrogen-bond acceptors (Lipinski definition) is 4. The van der Waals surface area contributed by atoms with Gasteiger partial charge < -0.3 is 15.1 Å². The van der Waals surface area contributed by atoms with Gasteiger partial charge in [-0.25, -0.2) is 0 Å². The van der Waals surface area contributed by atoms with E-state index in [-0.39, 0.29) is 12.1 Å². The van der Waals surface area contributed by atoms with E-state index in [1.807, 2.05) is 25.1 Å². The van der Waals surface area contributed by atoms with E-state index in [9.17, 15) is 9.59 Å². The molecule has 1 fully saturated rings. The van der Waals surface area contributed by atoms with E-state index < -0.39 is 11.8 Å². The van der Waals surface area contributed by atoms with Crippen molar-refractivity contribution < 1.29 is 14.0 Å². The van der Waals surface area contributed by atoms with Crippen LogP contribution in [0.15, 0.2) is 22.8 Å². The predicted octanol–water partition coefficient (Wildman–Crippen LogP) is 1.06. The molecule has 0 unspecified atom stereocenters. The molecule has 1 aromatic rings. The lowest BCUT2D eigenvalue weighted by molar-refractivity contribution is -0.139. The van der Waals surface area contributed by atoms with Gasteiger partial charge in [0.05, 0.1) is 12.3 Å². The number of carbonyl (C=O) groups is 2. The van der Waals surface area contributed by atoms with Gasteiger partial charge >= 0.3 is 11.8 Å². The number of likely N-dealkylation sites (N-methyl/N-ethyl adjacent to an activating group) is 1. The topological polar surface area (TPSA) is 74.6 Å². The summed E-state index contributed by atoms with van der Waals surface area (Å²) in [6, 6.07) is 3.72. The fourth-order valence-corrected chi connectivity index (χ4v) is 2.61. The maximum atomic E-state index is 11.9. The van der Waals surface area contributed by atoms with Gasteiger partial charge in [0.25, 0.3) is 0 Å². The molecule has 1 atom stereocenters. The molecule has 0 saturated heterocycles. The molecule has 2 rings (SSSR count). The Balaban J connectivity index is 1.82. The fourth-order valence-electron chi connectivity index (χ4n) is 2.61. The van der Waals surface area contributed by atoms with Crippen molar-refractivity contribution in [2.24, 2.45) is 0 Å². The van der Waals surface area contributed by atoms with Crippen molar-refractivity contribution in [2.75, 3.05) is 20.6 Å². The predicted molar refractivity (Wildman–Crippen MR) is 78.5 cm³/mol. The zero-order valence-corrected chi connectivity index (χ0v) is 12.6. The number of furan rings is 1. The second-order valence-electron chi connectivity index (χ2n) is 5.66. The summed E-state index contributed by atoms with van der Waals surface area (Å²) in [4.78, 5) is 25.6. The molecule has 1 saturated carbocycles. The first kappa shape index (κ1) is 15.6. The maximum absolute atomic E-state index is 11.9. The zero-order chi connectivity index (χ0) is 15.2. The third-order valence-corrected chi connectivity index (χ3v) is 3.85. The van der Waals surface area contributed by atoms with E-state index in [2.05, 4.69) is 10.6 Å². The van der Waals surface area contributed by atoms with Crippen LogP contribution in [0.25, 0.3) is 0 Å². The molecular weight excluding hydrogens is 270 g/mol. The fraction of sp³-hybridized carbons (Fsp3) is 0.600. The second kappa shape index (κ2) is 7.26. The quantitative estimate of drug-likeness (QED) is 0.796. The van der Waals surface area contributed by atoms with Crippen molar-refractivity contribution >= 4 is 11.8 Å². The second-order valence-corrected chi connectivity index (χ2v) is 5.66. The molecule has 2 N–H and O–H groups in total. The summed E-state index contributed by atoms with van der Waals surface area (Å²) < 4.78 is 5.36. The van der Waals surface area contributed by atoms with Crippen molar-refractivity contribution in [3.05, 3.63) is 24.2 Å². The number of nitrogens with one attached hydrogen (secondary N) is 2. The average Bonchev–Trinajstić information content (AvgIpc) is 3.11. The Morgan fingerprint density at radius 2 is 2.05 bits per heavy atom. The minimum Gasteiger partial charge on any atom is -0.468 e. The average molecular weight is 293 g/mol. The van der Waals surface area contributed by atoms with Gasteiger partial charge in [-0.1, -0.05) is 12.8 Å². The minimum atomic E-state index is -0.583. The van der Waals surface area contributed by atoms with Crippen LogP contribution in [-0.4, -0.2) is 43.4 Å². The molecule has 1 aromatic heterocycles. The molecular formula is C15H23N3O3. The highest BCUT2D eigenvalue weighted by Crippen LogP contribution is 2.18. The molecule has 0 bridgehead atoms. The molecule has 0 spiro atoms. The van der Waals surface area contributed by atoms with Crippen LogP contribution in [0.2, 0.25) is 0 Å². The van der Waals surface area contributed by atoms with E-state index in [1.165, 1.54) is 0 Å². The van der Waals surface area contributed by atoms with Gasteiger partial charge in [-0.2, -0.15) is 0 Å². The Morgan fingerprint density at radius 1 is 1.33 bits per heavy atom. The van der Waals surface area contributed by atoms with Gasteiger partial charge in [0.1, 0.15) is 5.76 Å². The zero-order valence-electron chi connectivity index (χ0n) is 12.6. The van der Waals surface area contributed by atoms with Crippen LogP contribution >= 0.6 is 0 Å². The molecule has 1 aliphatic rings. The largest absolute Gasteiger partial charge is 0.468 e. The normalized spacial score (nSPS) is 16.9. The first-order valence-corrected chi connectivity index (χ1v) is 7.36. The molecule has 6 nitrogen and oxygen atoms in total. The van der Waals surface area contributed by atoms with Crippen LogP contribution in [-0.2, 0) is 9.59 Å². The molecule has 1 aliphatic carbocycles. The monoisotopic (exact) mass is 293 g/mol. The van der Waals surface area contributed by atoms with Gasteiger partial charge in [0.15, 0.2) is 0 Å². The van der Waals surface area contributed by atoms with Crippen LogP contribution in [0, 0.1) is 0 Å². The molecule has 2 amide bonds. The number of rotatable bonds is 5. The number of amides is 2. The molecule has 21 heavy (non-hydrogen) atoms. The Hall–Kier alpha value is -1.82. The summed E-state index contributed by atoms with van der Waals surface area (Å²) in [5.74, 6) is -0.365. The Bertz CT molecular complexity index is 465. The molecule has 6 heteroatoms. The van der Waals surface area contributed by atoms with Crippen LogP contribution in [0.4, 0.5) is 0 Å². The Labute approximate surface area is 124 Å². The van der Waals surface area contributed by atoms with Crippen molar-refractivity contribution in [3.63, 3.8) is 0 Å². The third-order valence-electron chi connectivity index (χ3n) is 3.85. The third kappa shape index (κ3) is 4.32. The summed E-state index contributed by atoms with van der Waals surface area (Å²) in [5, 5.41) is 5.45. The standard InChI is InChI=1S/C15H23N3O3/c1-18(2)12(13-8-5-9-21-13)10-16-14(19)15(20)17-11-6-3-4-7-11/h5,8-9,11-12H,3-4,6-7,10H2,1-2H3,(H,16,19)(H,17,20)/t12-/m1/s1. The van der Waals surface area contributed by atoms with E-state index >= 15 is 0 Å². The van der Waals surface area contributed by atoms with Gasteiger partial charge in [-0.3, -0.25) is 14.5 Å². The summed E-state index contributed by atoms with van der Waals surface area (Å²) in [7, 11) is 3.80. The van der Waals surface area contributed by atoms with Crippen LogP contribution in [0.5, 0.6) is 0 Å².